The van der Waals surface area contributed by atoms with Crippen LogP contribution in [0, 0.1) is 0 Å². The van der Waals surface area contributed by atoms with E-state index in [4.69, 9.17) is 0 Å². The first-order valence-corrected chi connectivity index (χ1v) is 6.95. The van der Waals surface area contributed by atoms with Gasteiger partial charge in [0.25, 0.3) is 0 Å². The van der Waals surface area contributed by atoms with Crippen LogP contribution in [0.2, 0.25) is 0 Å². The molecule has 0 aliphatic heterocycles. The molecular weight excluding hydrogens is 211 g/mol. The second-order valence-electron chi connectivity index (χ2n) is 3.40. The summed E-state index contributed by atoms with van der Waals surface area (Å²) in [6, 6.07) is 9.27. The highest BCUT2D eigenvalue weighted by molar-refractivity contribution is 7.64. The summed E-state index contributed by atoms with van der Waals surface area (Å²) in [6.45, 7) is 0. The third-order valence-electron chi connectivity index (χ3n) is 2.13. The number of rotatable bonds is 6. The van der Waals surface area contributed by atoms with Gasteiger partial charge in [-0.3, -0.25) is 0 Å². The fourth-order valence-electron chi connectivity index (χ4n) is 1.39. The lowest BCUT2D eigenvalue weighted by atomic mass is 10.2. The first-order chi connectivity index (χ1) is 7.20. The predicted octanol–water partition coefficient (Wildman–Crippen LogP) is 1.95. The number of carbonyl (C=O) groups is 2. The van der Waals surface area contributed by atoms with Gasteiger partial charge >= 0.3 is 0 Å². The average Bonchev–Trinajstić information content (AvgIpc) is 2.19. The molecule has 1 rings (SSSR count). The van der Waals surface area contributed by atoms with Crippen LogP contribution in [0.5, 0.6) is 0 Å². The molecule has 4 heteroatoms. The largest absolute Gasteiger partial charge is 0.322 e. The second kappa shape index (κ2) is 5.62. The molecule has 0 saturated heterocycles. The number of hydrogen-bond donors (Lipinski definition) is 0. The molecule has 1 aromatic rings. The minimum absolute atomic E-state index is 0.0133. The second-order valence-corrected chi connectivity index (χ2v) is 6.56. The molecule has 0 amide bonds. The molecule has 0 radical (unpaired) electrons. The third kappa shape index (κ3) is 3.80. The number of benzene rings is 1. The fraction of sp³-hybridized carbons (Fsp3) is 0.273. The Balaban J connectivity index is 2.79. The minimum Gasteiger partial charge on any atom is -0.322 e. The van der Waals surface area contributed by atoms with Crippen molar-refractivity contribution < 1.29 is 14.2 Å². The summed E-state index contributed by atoms with van der Waals surface area (Å²) in [5.74, 6) is 0. The predicted molar refractivity (Wildman–Crippen MR) is 59.6 cm³/mol. The van der Waals surface area contributed by atoms with E-state index in [9.17, 15) is 14.2 Å². The summed E-state index contributed by atoms with van der Waals surface area (Å²) in [5.41, 5.74) is 0.907. The first-order valence-electron chi connectivity index (χ1n) is 4.68. The number of hydrogen-bond acceptors (Lipinski definition) is 3. The van der Waals surface area contributed by atoms with Gasteiger partial charge in [-0.05, 0) is 5.56 Å². The van der Waals surface area contributed by atoms with Crippen molar-refractivity contribution in [3.8, 4) is 0 Å². The summed E-state index contributed by atoms with van der Waals surface area (Å²) in [7, 11) is -2.68. The Bertz CT molecular complexity index is 359. The van der Waals surface area contributed by atoms with Crippen LogP contribution in [-0.4, -0.2) is 24.9 Å². The van der Waals surface area contributed by atoms with E-state index in [2.05, 4.69) is 0 Å². The van der Waals surface area contributed by atoms with Crippen LogP contribution < -0.4 is 0 Å². The van der Waals surface area contributed by atoms with Crippen molar-refractivity contribution in [2.45, 2.75) is 6.16 Å². The molecule has 15 heavy (non-hydrogen) atoms. The maximum Gasteiger partial charge on any atom is 0.127 e. The Kier molecular flexibility index (Phi) is 4.44. The summed E-state index contributed by atoms with van der Waals surface area (Å²) in [6.07, 6.45) is 1.56. The van der Waals surface area contributed by atoms with E-state index in [-0.39, 0.29) is 12.3 Å². The van der Waals surface area contributed by atoms with E-state index in [0.29, 0.717) is 18.7 Å². The zero-order chi connectivity index (χ0) is 11.1. The van der Waals surface area contributed by atoms with Gasteiger partial charge in [-0.2, -0.15) is 0 Å². The summed E-state index contributed by atoms with van der Waals surface area (Å²) in [5, 5.41) is 0. The molecule has 0 aliphatic carbocycles. The van der Waals surface area contributed by atoms with Gasteiger partial charge in [0, 0.05) is 6.16 Å². The quantitative estimate of drug-likeness (QED) is 0.548. The summed E-state index contributed by atoms with van der Waals surface area (Å²) in [4.78, 5) is 20.8. The molecule has 0 bridgehead atoms. The zero-order valence-corrected chi connectivity index (χ0v) is 9.23. The van der Waals surface area contributed by atoms with Crippen LogP contribution in [0.1, 0.15) is 5.56 Å². The molecule has 0 atom stereocenters. The maximum absolute atomic E-state index is 12.1. The highest BCUT2D eigenvalue weighted by Gasteiger charge is 2.21. The minimum atomic E-state index is -2.68. The topological polar surface area (TPSA) is 51.2 Å². The summed E-state index contributed by atoms with van der Waals surface area (Å²) >= 11 is 0. The van der Waals surface area contributed by atoms with Gasteiger partial charge in [-0.25, -0.2) is 0 Å². The highest BCUT2D eigenvalue weighted by Crippen LogP contribution is 2.47. The van der Waals surface area contributed by atoms with Gasteiger partial charge in [-0.1, -0.05) is 30.3 Å². The van der Waals surface area contributed by atoms with E-state index in [0.717, 1.165) is 5.56 Å². The first kappa shape index (κ1) is 11.9. The average molecular weight is 224 g/mol. The van der Waals surface area contributed by atoms with Gasteiger partial charge in [-0.15, -0.1) is 0 Å². The smallest absolute Gasteiger partial charge is 0.127 e. The van der Waals surface area contributed by atoms with Crippen LogP contribution >= 0.6 is 7.14 Å². The Hall–Kier alpha value is -1.21. The van der Waals surface area contributed by atoms with Gasteiger partial charge in [0.1, 0.15) is 19.7 Å². The van der Waals surface area contributed by atoms with Crippen LogP contribution in [0.3, 0.4) is 0 Å². The van der Waals surface area contributed by atoms with E-state index >= 15 is 0 Å². The Morgan fingerprint density at radius 1 is 1.00 bits per heavy atom. The van der Waals surface area contributed by atoms with Crippen molar-refractivity contribution >= 4 is 19.7 Å². The van der Waals surface area contributed by atoms with E-state index in [1.165, 1.54) is 0 Å². The Labute approximate surface area is 88.9 Å². The Morgan fingerprint density at radius 3 is 2.00 bits per heavy atom. The normalized spacial score (nSPS) is 10.9. The molecule has 0 unspecified atom stereocenters. The van der Waals surface area contributed by atoms with Crippen LogP contribution in [-0.2, 0) is 20.3 Å². The van der Waals surface area contributed by atoms with Gasteiger partial charge in [0.15, 0.2) is 0 Å². The Morgan fingerprint density at radius 2 is 1.53 bits per heavy atom. The van der Waals surface area contributed by atoms with Gasteiger partial charge in [0.05, 0.1) is 12.3 Å². The zero-order valence-electron chi connectivity index (χ0n) is 8.33. The van der Waals surface area contributed by atoms with Crippen LogP contribution in [0.4, 0.5) is 0 Å². The van der Waals surface area contributed by atoms with Crippen molar-refractivity contribution in [3.63, 3.8) is 0 Å². The molecule has 0 saturated carbocycles. The van der Waals surface area contributed by atoms with Gasteiger partial charge in [0.2, 0.25) is 0 Å². The third-order valence-corrected chi connectivity index (χ3v) is 4.70. The molecule has 0 aromatic heterocycles. The molecule has 0 spiro atoms. The van der Waals surface area contributed by atoms with Crippen molar-refractivity contribution in [1.82, 2.24) is 0 Å². The van der Waals surface area contributed by atoms with Crippen molar-refractivity contribution in [2.75, 3.05) is 12.3 Å². The van der Waals surface area contributed by atoms with Crippen LogP contribution in [0.15, 0.2) is 30.3 Å². The SMILES string of the molecule is O=CCP(=O)(CC=O)Cc1ccccc1. The number of aldehydes is 2. The van der Waals surface area contributed by atoms with Crippen LogP contribution in [0.25, 0.3) is 0 Å². The fourth-order valence-corrected chi connectivity index (χ4v) is 3.22. The molecule has 0 heterocycles. The molecule has 0 fully saturated rings. The molecule has 3 nitrogen and oxygen atoms in total. The van der Waals surface area contributed by atoms with Crippen molar-refractivity contribution in [1.29, 1.82) is 0 Å². The summed E-state index contributed by atoms with van der Waals surface area (Å²) < 4.78 is 12.1. The molecule has 0 N–H and O–H groups in total. The van der Waals surface area contributed by atoms with E-state index in [1.807, 2.05) is 30.3 Å². The van der Waals surface area contributed by atoms with E-state index in [1.54, 1.807) is 0 Å². The van der Waals surface area contributed by atoms with Gasteiger partial charge < -0.3 is 14.2 Å². The standard InChI is InChI=1S/C11H13O3P/c12-6-8-15(14,9-7-13)10-11-4-2-1-3-5-11/h1-7H,8-10H2. The lowest BCUT2D eigenvalue weighted by Gasteiger charge is -2.12. The molecule has 1 aromatic carbocycles. The van der Waals surface area contributed by atoms with E-state index < -0.39 is 7.14 Å². The molecule has 0 aliphatic rings. The highest BCUT2D eigenvalue weighted by atomic mass is 31.2. The number of carbonyl (C=O) groups excluding carboxylic acids is 2. The van der Waals surface area contributed by atoms with Crippen molar-refractivity contribution in [2.24, 2.45) is 0 Å². The lowest BCUT2D eigenvalue weighted by Crippen LogP contribution is -2.01. The lowest BCUT2D eigenvalue weighted by molar-refractivity contribution is -0.106. The maximum atomic E-state index is 12.1. The molecular formula is C11H13O3P. The van der Waals surface area contributed by atoms with Crippen molar-refractivity contribution in [3.05, 3.63) is 35.9 Å². The molecule has 80 valence electrons. The monoisotopic (exact) mass is 224 g/mol.